The number of benzene rings is 2. The maximum Gasteiger partial charge on any atom is 0.325 e. The minimum absolute atomic E-state index is 0.0436. The van der Waals surface area contributed by atoms with Crippen LogP contribution in [0.2, 0.25) is 0 Å². The summed E-state index contributed by atoms with van der Waals surface area (Å²) in [6, 6.07) is 12.4. The number of sulfonamides is 1. The van der Waals surface area contributed by atoms with Gasteiger partial charge < -0.3 is 14.8 Å². The van der Waals surface area contributed by atoms with Crippen molar-refractivity contribution in [1.82, 2.24) is 14.5 Å². The summed E-state index contributed by atoms with van der Waals surface area (Å²) in [6.45, 7) is 1.75. The monoisotopic (exact) mass is 447 g/mol. The normalized spacial score (nSPS) is 18.9. The summed E-state index contributed by atoms with van der Waals surface area (Å²) in [5, 5.41) is 2.74. The summed E-state index contributed by atoms with van der Waals surface area (Å²) >= 11 is 0. The second-order valence-electron chi connectivity index (χ2n) is 7.35. The minimum Gasteiger partial charge on any atom is -0.497 e. The molecule has 0 bridgehead atoms. The second-order valence-corrected chi connectivity index (χ2v) is 9.50. The molecular formula is C21H25N3O6S. The molecule has 9 nitrogen and oxygen atoms in total. The predicted octanol–water partition coefficient (Wildman–Crippen LogP) is 1.79. The number of amides is 3. The van der Waals surface area contributed by atoms with E-state index in [2.05, 4.69) is 5.32 Å². The fraction of sp³-hybridized carbons (Fsp3) is 0.333. The van der Waals surface area contributed by atoms with Gasteiger partial charge in [-0.25, -0.2) is 17.5 Å². The minimum atomic E-state index is -3.52. The van der Waals surface area contributed by atoms with Crippen LogP contribution in [0.4, 0.5) is 4.79 Å². The highest BCUT2D eigenvalue weighted by Gasteiger charge is 2.48. The van der Waals surface area contributed by atoms with Crippen molar-refractivity contribution in [2.45, 2.75) is 17.4 Å². The van der Waals surface area contributed by atoms with Crippen LogP contribution in [0.1, 0.15) is 12.5 Å². The smallest absolute Gasteiger partial charge is 0.325 e. The van der Waals surface area contributed by atoms with Crippen molar-refractivity contribution >= 4 is 22.0 Å². The Kier molecular flexibility index (Phi) is 6.23. The molecule has 166 valence electrons. The highest BCUT2D eigenvalue weighted by atomic mass is 32.2. The maximum absolute atomic E-state index is 13.0. The van der Waals surface area contributed by atoms with Crippen molar-refractivity contribution in [2.75, 3.05) is 34.4 Å². The summed E-state index contributed by atoms with van der Waals surface area (Å²) in [5.41, 5.74) is -0.584. The van der Waals surface area contributed by atoms with E-state index in [1.165, 1.54) is 45.5 Å². The molecule has 2 aromatic carbocycles. The van der Waals surface area contributed by atoms with Gasteiger partial charge in [-0.15, -0.1) is 0 Å². The highest BCUT2D eigenvalue weighted by Crippen LogP contribution is 2.30. The quantitative estimate of drug-likeness (QED) is 0.619. The third-order valence-electron chi connectivity index (χ3n) is 5.11. The van der Waals surface area contributed by atoms with Crippen molar-refractivity contribution in [3.63, 3.8) is 0 Å². The number of ether oxygens (including phenoxy) is 2. The number of nitrogens with zero attached hydrogens (tertiary/aromatic N) is 2. The van der Waals surface area contributed by atoms with Gasteiger partial charge in [-0.05, 0) is 48.9 Å². The summed E-state index contributed by atoms with van der Waals surface area (Å²) in [6.07, 6.45) is 0. The first-order chi connectivity index (χ1) is 14.6. The summed E-state index contributed by atoms with van der Waals surface area (Å²) in [7, 11) is 0.918. The number of rotatable bonds is 8. The number of hydrogen-bond donors (Lipinski definition) is 1. The molecular weight excluding hydrogens is 422 g/mol. The van der Waals surface area contributed by atoms with Crippen LogP contribution >= 0.6 is 0 Å². The Morgan fingerprint density at radius 1 is 1.06 bits per heavy atom. The average Bonchev–Trinajstić information content (AvgIpc) is 2.98. The first kappa shape index (κ1) is 22.6. The van der Waals surface area contributed by atoms with Gasteiger partial charge in [0.2, 0.25) is 10.0 Å². The molecule has 0 aliphatic carbocycles. The molecule has 2 aromatic rings. The molecule has 1 aliphatic rings. The van der Waals surface area contributed by atoms with Crippen LogP contribution in [0.25, 0.3) is 0 Å². The van der Waals surface area contributed by atoms with Crippen molar-refractivity contribution in [2.24, 2.45) is 0 Å². The molecule has 0 aromatic heterocycles. The number of carbonyl (C=O) groups is 2. The lowest BCUT2D eigenvalue weighted by atomic mass is 9.92. The van der Waals surface area contributed by atoms with Crippen molar-refractivity contribution in [1.29, 1.82) is 0 Å². The maximum atomic E-state index is 13.0. The first-order valence-electron chi connectivity index (χ1n) is 9.53. The number of hydrogen-bond acceptors (Lipinski definition) is 6. The van der Waals surface area contributed by atoms with Gasteiger partial charge in [0.25, 0.3) is 5.91 Å². The van der Waals surface area contributed by atoms with E-state index in [1.54, 1.807) is 31.2 Å². The zero-order valence-corrected chi connectivity index (χ0v) is 18.6. The van der Waals surface area contributed by atoms with E-state index in [4.69, 9.17) is 9.47 Å². The Balaban J connectivity index is 1.65. The summed E-state index contributed by atoms with van der Waals surface area (Å²) < 4.78 is 36.2. The van der Waals surface area contributed by atoms with Crippen molar-refractivity contribution in [3.8, 4) is 11.5 Å². The van der Waals surface area contributed by atoms with Crippen molar-refractivity contribution < 1.29 is 27.5 Å². The van der Waals surface area contributed by atoms with Gasteiger partial charge >= 0.3 is 6.03 Å². The standard InChI is InChI=1S/C21H25N3O6S/c1-21(15-6-5-7-17(14-15)29-4)19(25)24(20(26)22-21)12-13-30-16-8-10-18(11-9-16)31(27,28)23(2)3/h5-11,14H,12-13H2,1-4H3,(H,22,26)/t21-/m0/s1. The number of carbonyl (C=O) groups excluding carboxylic acids is 2. The van der Waals surface area contributed by atoms with E-state index in [0.29, 0.717) is 17.1 Å². The first-order valence-corrected chi connectivity index (χ1v) is 11.0. The molecule has 1 saturated heterocycles. The molecule has 3 amide bonds. The molecule has 1 N–H and O–H groups in total. The molecule has 1 heterocycles. The summed E-state index contributed by atoms with van der Waals surface area (Å²) in [4.78, 5) is 26.6. The van der Waals surface area contributed by atoms with E-state index in [9.17, 15) is 18.0 Å². The van der Waals surface area contributed by atoms with Crippen LogP contribution in [-0.2, 0) is 20.4 Å². The van der Waals surface area contributed by atoms with Gasteiger partial charge in [0, 0.05) is 14.1 Å². The van der Waals surface area contributed by atoms with Crippen LogP contribution in [0.15, 0.2) is 53.4 Å². The lowest BCUT2D eigenvalue weighted by Gasteiger charge is -2.22. The Morgan fingerprint density at radius 3 is 2.35 bits per heavy atom. The van der Waals surface area contributed by atoms with E-state index >= 15 is 0 Å². The van der Waals surface area contributed by atoms with Gasteiger partial charge in [-0.1, -0.05) is 12.1 Å². The van der Waals surface area contributed by atoms with Gasteiger partial charge in [-0.2, -0.15) is 0 Å². The molecule has 10 heteroatoms. The summed E-state index contributed by atoms with van der Waals surface area (Å²) in [5.74, 6) is 0.629. The lowest BCUT2D eigenvalue weighted by Crippen LogP contribution is -2.41. The molecule has 0 radical (unpaired) electrons. The fourth-order valence-corrected chi connectivity index (χ4v) is 4.10. The number of methoxy groups -OCH3 is 1. The predicted molar refractivity (Wildman–Crippen MR) is 113 cm³/mol. The van der Waals surface area contributed by atoms with Crippen LogP contribution in [0.3, 0.4) is 0 Å². The third-order valence-corrected chi connectivity index (χ3v) is 6.94. The Hall–Kier alpha value is -3.11. The van der Waals surface area contributed by atoms with Crippen molar-refractivity contribution in [3.05, 3.63) is 54.1 Å². The van der Waals surface area contributed by atoms with E-state index in [1.807, 2.05) is 0 Å². The van der Waals surface area contributed by atoms with Crippen LogP contribution in [-0.4, -0.2) is 63.9 Å². The molecule has 3 rings (SSSR count). The third kappa shape index (κ3) is 4.35. The zero-order valence-electron chi connectivity index (χ0n) is 17.8. The zero-order chi connectivity index (χ0) is 22.8. The van der Waals surface area contributed by atoms with E-state index < -0.39 is 21.6 Å². The second kappa shape index (κ2) is 8.56. The largest absolute Gasteiger partial charge is 0.497 e. The van der Waals surface area contributed by atoms with Crippen LogP contribution in [0, 0.1) is 0 Å². The number of nitrogens with one attached hydrogen (secondary N) is 1. The fourth-order valence-electron chi connectivity index (χ4n) is 3.20. The van der Waals surface area contributed by atoms with E-state index in [0.717, 1.165) is 9.21 Å². The molecule has 1 atom stereocenters. The SMILES string of the molecule is COc1cccc([C@]2(C)NC(=O)N(CCOc3ccc(S(=O)(=O)N(C)C)cc3)C2=O)c1. The Labute approximate surface area is 181 Å². The van der Waals surface area contributed by atoms with Crippen LogP contribution in [0.5, 0.6) is 11.5 Å². The highest BCUT2D eigenvalue weighted by molar-refractivity contribution is 7.89. The molecule has 0 unspecified atom stereocenters. The Morgan fingerprint density at radius 2 is 1.74 bits per heavy atom. The molecule has 0 spiro atoms. The van der Waals surface area contributed by atoms with E-state index in [-0.39, 0.29) is 24.0 Å². The lowest BCUT2D eigenvalue weighted by molar-refractivity contribution is -0.131. The average molecular weight is 448 g/mol. The Bertz CT molecular complexity index is 1080. The van der Waals surface area contributed by atoms with Gasteiger partial charge in [0.1, 0.15) is 23.6 Å². The van der Waals surface area contributed by atoms with Crippen LogP contribution < -0.4 is 14.8 Å². The molecule has 1 aliphatic heterocycles. The van der Waals surface area contributed by atoms with Gasteiger partial charge in [0.05, 0.1) is 18.6 Å². The molecule has 0 saturated carbocycles. The van der Waals surface area contributed by atoms with Gasteiger partial charge in [0.15, 0.2) is 0 Å². The molecule has 31 heavy (non-hydrogen) atoms. The topological polar surface area (TPSA) is 105 Å². The molecule has 1 fully saturated rings. The van der Waals surface area contributed by atoms with Gasteiger partial charge in [-0.3, -0.25) is 9.69 Å². The number of imide groups is 1. The number of urea groups is 1.